The lowest BCUT2D eigenvalue weighted by atomic mass is 10.0. The number of quaternary nitrogens is 1. The van der Waals surface area contributed by atoms with Gasteiger partial charge in [0.1, 0.15) is 13.2 Å². The number of hydrogen-bond donors (Lipinski definition) is 3. The van der Waals surface area contributed by atoms with Gasteiger partial charge in [0.15, 0.2) is 0 Å². The maximum atomic E-state index is 13.1. The van der Waals surface area contributed by atoms with Gasteiger partial charge in [-0.3, -0.25) is 13.8 Å². The van der Waals surface area contributed by atoms with Crippen LogP contribution in [0.4, 0.5) is 0 Å². The van der Waals surface area contributed by atoms with Gasteiger partial charge in [-0.2, -0.15) is 0 Å². The SMILES string of the molecule is CCCCCCC/C=C\C/C=C\CCCCCCCCCCCCCCCCCCCC(=O)NC(COP(=O)(O)OCC[N+](C)(C)C)C(O)/C=C/CCCCCCCCCCCCCCCCCCCCCCCCCCCCCCCC. The average Bonchev–Trinajstić information content (AvgIpc) is 3.50. The van der Waals surface area contributed by atoms with E-state index in [1.54, 1.807) is 6.08 Å². The fraction of sp³-hybridized carbons (Fsp3) is 0.905. The summed E-state index contributed by atoms with van der Waals surface area (Å²) in [6.07, 6.45) is 87.4. The number of unbranched alkanes of at least 4 members (excludes halogenated alkanes) is 52. The smallest absolute Gasteiger partial charge is 0.387 e. The summed E-state index contributed by atoms with van der Waals surface area (Å²) >= 11 is 0. The Kier molecular flexibility index (Phi) is 64.2. The Morgan fingerprint density at radius 3 is 0.988 bits per heavy atom. The van der Waals surface area contributed by atoms with Gasteiger partial charge < -0.3 is 19.8 Å². The number of phosphoric ester groups is 1. The number of aliphatic hydroxyl groups is 1. The minimum Gasteiger partial charge on any atom is -0.387 e. The zero-order chi connectivity index (χ0) is 60.5. The van der Waals surface area contributed by atoms with Crippen LogP contribution in [0.3, 0.4) is 0 Å². The van der Waals surface area contributed by atoms with Gasteiger partial charge in [0.05, 0.1) is 39.9 Å². The van der Waals surface area contributed by atoms with Crippen LogP contribution in [0.5, 0.6) is 0 Å². The highest BCUT2D eigenvalue weighted by molar-refractivity contribution is 7.47. The van der Waals surface area contributed by atoms with E-state index in [0.29, 0.717) is 17.4 Å². The first-order valence-electron chi connectivity index (χ1n) is 36.9. The number of phosphoric acid groups is 1. The Morgan fingerprint density at radius 1 is 0.410 bits per heavy atom. The Balaban J connectivity index is 4.01. The van der Waals surface area contributed by atoms with E-state index in [-0.39, 0.29) is 19.1 Å². The molecular formula is C74H146N2O6P+. The summed E-state index contributed by atoms with van der Waals surface area (Å²) in [5.74, 6) is -0.170. The monoisotopic (exact) mass is 1190 g/mol. The molecule has 0 aliphatic heterocycles. The first-order chi connectivity index (χ1) is 40.5. The van der Waals surface area contributed by atoms with E-state index in [9.17, 15) is 19.4 Å². The molecule has 492 valence electrons. The first-order valence-corrected chi connectivity index (χ1v) is 38.4. The van der Waals surface area contributed by atoms with Crippen molar-refractivity contribution < 1.29 is 32.9 Å². The molecule has 1 amide bonds. The molecule has 3 N–H and O–H groups in total. The summed E-state index contributed by atoms with van der Waals surface area (Å²) in [5, 5.41) is 14.0. The molecule has 83 heavy (non-hydrogen) atoms. The lowest BCUT2D eigenvalue weighted by molar-refractivity contribution is -0.870. The van der Waals surface area contributed by atoms with E-state index in [1.165, 1.54) is 321 Å². The van der Waals surface area contributed by atoms with E-state index in [0.717, 1.165) is 38.5 Å². The Hall–Kier alpha value is -1.28. The molecule has 0 spiro atoms. The number of allylic oxidation sites excluding steroid dienone is 5. The number of nitrogens with zero attached hydrogens (tertiary/aromatic N) is 1. The first kappa shape index (κ1) is 81.7. The lowest BCUT2D eigenvalue weighted by Gasteiger charge is -2.25. The van der Waals surface area contributed by atoms with Crippen LogP contribution < -0.4 is 5.32 Å². The van der Waals surface area contributed by atoms with Gasteiger partial charge >= 0.3 is 7.82 Å². The molecular weight excluding hydrogens is 1040 g/mol. The summed E-state index contributed by atoms with van der Waals surface area (Å²) in [6.45, 7) is 4.87. The number of carbonyl (C=O) groups is 1. The largest absolute Gasteiger partial charge is 0.472 e. The average molecular weight is 1190 g/mol. The molecule has 0 fully saturated rings. The van der Waals surface area contributed by atoms with Crippen molar-refractivity contribution in [1.29, 1.82) is 0 Å². The van der Waals surface area contributed by atoms with Crippen LogP contribution in [0.2, 0.25) is 0 Å². The molecule has 0 heterocycles. The molecule has 0 aliphatic carbocycles. The van der Waals surface area contributed by atoms with Crippen LogP contribution in [0, 0.1) is 0 Å². The van der Waals surface area contributed by atoms with Crippen molar-refractivity contribution in [3.63, 3.8) is 0 Å². The highest BCUT2D eigenvalue weighted by Gasteiger charge is 2.28. The van der Waals surface area contributed by atoms with Gasteiger partial charge in [0.25, 0.3) is 0 Å². The van der Waals surface area contributed by atoms with Gasteiger partial charge in [-0.05, 0) is 51.4 Å². The minimum absolute atomic E-state index is 0.0634. The number of likely N-dealkylation sites (N-methyl/N-ethyl adjacent to an activating group) is 1. The van der Waals surface area contributed by atoms with Gasteiger partial charge in [-0.15, -0.1) is 0 Å². The Labute approximate surface area is 518 Å². The van der Waals surface area contributed by atoms with E-state index in [4.69, 9.17) is 9.05 Å². The topological polar surface area (TPSA) is 105 Å². The van der Waals surface area contributed by atoms with Gasteiger partial charge in [0, 0.05) is 6.42 Å². The lowest BCUT2D eigenvalue weighted by Crippen LogP contribution is -2.45. The molecule has 0 saturated carbocycles. The van der Waals surface area contributed by atoms with E-state index >= 15 is 0 Å². The summed E-state index contributed by atoms with van der Waals surface area (Å²) in [6, 6.07) is -0.847. The summed E-state index contributed by atoms with van der Waals surface area (Å²) in [7, 11) is 1.59. The molecule has 0 aromatic heterocycles. The number of amides is 1. The minimum atomic E-state index is -4.35. The fourth-order valence-corrected chi connectivity index (χ4v) is 12.1. The van der Waals surface area contributed by atoms with Crippen molar-refractivity contribution in [3.05, 3.63) is 36.5 Å². The molecule has 9 heteroatoms. The van der Waals surface area contributed by atoms with Crippen LogP contribution in [0.25, 0.3) is 0 Å². The van der Waals surface area contributed by atoms with Crippen LogP contribution in [-0.4, -0.2) is 73.4 Å². The molecule has 0 radical (unpaired) electrons. The second kappa shape index (κ2) is 65.2. The molecule has 0 aromatic rings. The number of rotatable bonds is 69. The van der Waals surface area contributed by atoms with Crippen molar-refractivity contribution in [2.45, 2.75) is 392 Å². The predicted molar refractivity (Wildman–Crippen MR) is 365 cm³/mol. The van der Waals surface area contributed by atoms with Gasteiger partial charge in [-0.25, -0.2) is 4.57 Å². The molecule has 3 unspecified atom stereocenters. The van der Waals surface area contributed by atoms with Crippen LogP contribution >= 0.6 is 7.82 Å². The molecule has 3 atom stereocenters. The summed E-state index contributed by atoms with van der Waals surface area (Å²) in [4.78, 5) is 23.4. The zero-order valence-electron chi connectivity index (χ0n) is 56.5. The van der Waals surface area contributed by atoms with Gasteiger partial charge in [0.2, 0.25) is 5.91 Å². The second-order valence-corrected chi connectivity index (χ2v) is 28.1. The number of aliphatic hydroxyl groups excluding tert-OH is 1. The molecule has 0 saturated heterocycles. The maximum absolute atomic E-state index is 13.1. The third-order valence-corrected chi connectivity index (χ3v) is 18.1. The quantitative estimate of drug-likeness (QED) is 0.0243. The van der Waals surface area contributed by atoms with Crippen molar-refractivity contribution in [1.82, 2.24) is 5.32 Å². The second-order valence-electron chi connectivity index (χ2n) is 26.7. The number of hydrogen-bond acceptors (Lipinski definition) is 5. The number of nitrogens with one attached hydrogen (secondary N) is 1. The van der Waals surface area contributed by atoms with E-state index in [1.807, 2.05) is 27.2 Å². The molecule has 8 nitrogen and oxygen atoms in total. The summed E-state index contributed by atoms with van der Waals surface area (Å²) < 4.78 is 23.9. The van der Waals surface area contributed by atoms with Crippen LogP contribution in [-0.2, 0) is 18.4 Å². The molecule has 0 aliphatic rings. The van der Waals surface area contributed by atoms with Crippen LogP contribution in [0.1, 0.15) is 380 Å². The third-order valence-electron chi connectivity index (χ3n) is 17.1. The summed E-state index contributed by atoms with van der Waals surface area (Å²) in [5.41, 5.74) is 0. The fourth-order valence-electron chi connectivity index (χ4n) is 11.4. The van der Waals surface area contributed by atoms with Crippen molar-refractivity contribution in [2.24, 2.45) is 0 Å². The van der Waals surface area contributed by atoms with Crippen molar-refractivity contribution in [2.75, 3.05) is 40.9 Å². The van der Waals surface area contributed by atoms with Gasteiger partial charge in [-0.1, -0.05) is 359 Å². The standard InChI is InChI=1S/C74H145N2O6P/c1-6-8-10-12-14-16-18-20-22-24-26-28-30-32-34-36-37-38-40-41-43-45-47-49-51-53-55-57-59-61-63-65-67-73(77)72(71-82-83(79,80)81-70-69-76(3,4)5)75-74(78)68-66-64-62-60-58-56-54-52-50-48-46-44-42-39-35-33-31-29-27-25-23-21-19-17-15-13-11-9-7-2/h19,21,25,27,65,67,72-73,77H,6-18,20,22-24,26,28-64,66,68-71H2,1-5H3,(H-,75,78,79,80)/p+1/b21-19-,27-25-,67-65+. The molecule has 0 aromatic carbocycles. The highest BCUT2D eigenvalue weighted by Crippen LogP contribution is 2.43. The Bertz CT molecular complexity index is 1450. The maximum Gasteiger partial charge on any atom is 0.472 e. The van der Waals surface area contributed by atoms with E-state index < -0.39 is 20.0 Å². The van der Waals surface area contributed by atoms with Crippen LogP contribution in [0.15, 0.2) is 36.5 Å². The normalized spacial score (nSPS) is 13.8. The third kappa shape index (κ3) is 68.1. The van der Waals surface area contributed by atoms with Crippen molar-refractivity contribution in [3.8, 4) is 0 Å². The Morgan fingerprint density at radius 2 is 0.687 bits per heavy atom. The van der Waals surface area contributed by atoms with E-state index in [2.05, 4.69) is 43.5 Å². The highest BCUT2D eigenvalue weighted by atomic mass is 31.2. The zero-order valence-corrected chi connectivity index (χ0v) is 57.4. The molecule has 0 rings (SSSR count). The predicted octanol–water partition coefficient (Wildman–Crippen LogP) is 23.6. The van der Waals surface area contributed by atoms with Crippen molar-refractivity contribution >= 4 is 13.7 Å². The molecule has 0 bridgehead atoms. The number of carbonyl (C=O) groups excluding carboxylic acids is 1.